The van der Waals surface area contributed by atoms with Gasteiger partial charge in [0.15, 0.2) is 17.7 Å². The Balaban J connectivity index is 1.46. The van der Waals surface area contributed by atoms with Crippen molar-refractivity contribution in [1.82, 2.24) is 5.32 Å². The number of morpholine rings is 1. The number of amides is 1. The number of nitrogens with one attached hydrogen (secondary N) is 1. The van der Waals surface area contributed by atoms with Crippen LogP contribution in [0.4, 0.5) is 23.2 Å². The first-order chi connectivity index (χ1) is 14.3. The molecule has 1 atom stereocenters. The molecule has 1 fully saturated rings. The van der Waals surface area contributed by atoms with E-state index in [0.29, 0.717) is 37.6 Å². The summed E-state index contributed by atoms with van der Waals surface area (Å²) in [5.74, 6) is -1.14. The number of alkyl halides is 3. The second-order valence-electron chi connectivity index (χ2n) is 7.20. The molecule has 1 amide bonds. The number of halogens is 4. The summed E-state index contributed by atoms with van der Waals surface area (Å²) in [7, 11) is 0. The van der Waals surface area contributed by atoms with Crippen LogP contribution in [0.2, 0.25) is 0 Å². The van der Waals surface area contributed by atoms with Crippen molar-refractivity contribution in [2.24, 2.45) is 0 Å². The third-order valence-electron chi connectivity index (χ3n) is 5.23. The molecule has 9 heteroatoms. The van der Waals surface area contributed by atoms with E-state index >= 15 is 0 Å². The van der Waals surface area contributed by atoms with Gasteiger partial charge in [-0.3, -0.25) is 4.79 Å². The lowest BCUT2D eigenvalue weighted by atomic mass is 10.0. The number of hydrogen-bond donors (Lipinski definition) is 1. The molecular weight excluding hydrogens is 404 g/mol. The van der Waals surface area contributed by atoms with Crippen LogP contribution in [0, 0.1) is 5.82 Å². The number of nitrogens with zero attached hydrogens (tertiary/aromatic N) is 1. The quantitative estimate of drug-likeness (QED) is 0.766. The van der Waals surface area contributed by atoms with E-state index in [1.165, 1.54) is 18.2 Å². The van der Waals surface area contributed by atoms with Gasteiger partial charge in [-0.15, -0.1) is 0 Å². The average molecular weight is 424 g/mol. The third kappa shape index (κ3) is 4.21. The van der Waals surface area contributed by atoms with Gasteiger partial charge in [-0.2, -0.15) is 13.2 Å². The lowest BCUT2D eigenvalue weighted by Gasteiger charge is -2.29. The van der Waals surface area contributed by atoms with Gasteiger partial charge in [0.05, 0.1) is 18.8 Å². The highest BCUT2D eigenvalue weighted by Crippen LogP contribution is 2.35. The highest BCUT2D eigenvalue weighted by Gasteiger charge is 2.35. The van der Waals surface area contributed by atoms with Crippen LogP contribution in [-0.4, -0.2) is 38.3 Å². The number of rotatable bonds is 4. The number of anilines is 1. The fraction of sp³-hybridized carbons (Fsp3) is 0.381. The largest absolute Gasteiger partial charge is 0.477 e. The van der Waals surface area contributed by atoms with E-state index in [-0.39, 0.29) is 24.3 Å². The van der Waals surface area contributed by atoms with Crippen LogP contribution in [0.25, 0.3) is 0 Å². The number of benzene rings is 2. The Hall–Kier alpha value is -2.81. The van der Waals surface area contributed by atoms with Gasteiger partial charge in [-0.05, 0) is 23.8 Å². The van der Waals surface area contributed by atoms with E-state index < -0.39 is 29.6 Å². The minimum Gasteiger partial charge on any atom is -0.477 e. The van der Waals surface area contributed by atoms with E-state index in [1.54, 1.807) is 12.1 Å². The first kappa shape index (κ1) is 20.5. The van der Waals surface area contributed by atoms with Crippen molar-refractivity contribution in [2.45, 2.75) is 25.2 Å². The van der Waals surface area contributed by atoms with Crippen molar-refractivity contribution in [3.63, 3.8) is 0 Å². The van der Waals surface area contributed by atoms with Crippen LogP contribution in [0.15, 0.2) is 36.4 Å². The molecule has 0 unspecified atom stereocenters. The maximum absolute atomic E-state index is 13.8. The van der Waals surface area contributed by atoms with Crippen LogP contribution in [-0.2, 0) is 28.7 Å². The molecule has 30 heavy (non-hydrogen) atoms. The van der Waals surface area contributed by atoms with Gasteiger partial charge >= 0.3 is 6.18 Å². The third-order valence-corrected chi connectivity index (χ3v) is 5.23. The standard InChI is InChI=1S/C21H20F4N2O3/c22-17-3-1-2-13-10-18(30-19(13)17)20(28)26-12-14-4-5-15(11-16(14)21(23,24)25)27-6-8-29-9-7-27/h1-5,11,18H,6-10,12H2,(H,26,28)/t18-/m0/s1. The molecule has 0 saturated carbocycles. The second kappa shape index (κ2) is 8.14. The minimum atomic E-state index is -4.56. The highest BCUT2D eigenvalue weighted by molar-refractivity contribution is 5.82. The van der Waals surface area contributed by atoms with Crippen LogP contribution >= 0.6 is 0 Å². The fourth-order valence-electron chi connectivity index (χ4n) is 3.67. The molecule has 4 rings (SSSR count). The lowest BCUT2D eigenvalue weighted by molar-refractivity contribution is -0.138. The molecule has 2 heterocycles. The lowest BCUT2D eigenvalue weighted by Crippen LogP contribution is -2.38. The summed E-state index contributed by atoms with van der Waals surface area (Å²) in [6, 6.07) is 8.48. The van der Waals surface area contributed by atoms with Gasteiger partial charge in [0.1, 0.15) is 0 Å². The summed E-state index contributed by atoms with van der Waals surface area (Å²) in [5.41, 5.74) is 0.176. The molecule has 2 aliphatic heterocycles. The predicted octanol–water partition coefficient (Wildman–Crippen LogP) is 3.30. The van der Waals surface area contributed by atoms with Gasteiger partial charge < -0.3 is 19.7 Å². The Labute approximate surface area is 170 Å². The normalized spacial score (nSPS) is 18.7. The Morgan fingerprint density at radius 2 is 1.93 bits per heavy atom. The molecule has 0 aliphatic carbocycles. The molecular formula is C21H20F4N2O3. The SMILES string of the molecule is O=C(NCc1ccc(N2CCOCC2)cc1C(F)(F)F)[C@@H]1Cc2cccc(F)c2O1. The molecule has 0 bridgehead atoms. The summed E-state index contributed by atoms with van der Waals surface area (Å²) >= 11 is 0. The van der Waals surface area contributed by atoms with Crippen LogP contribution in [0.5, 0.6) is 5.75 Å². The summed E-state index contributed by atoms with van der Waals surface area (Å²) in [6.45, 7) is 1.65. The number of carbonyl (C=O) groups is 1. The number of carbonyl (C=O) groups excluding carboxylic acids is 1. The topological polar surface area (TPSA) is 50.8 Å². The first-order valence-corrected chi connectivity index (χ1v) is 9.57. The molecule has 2 aromatic rings. The predicted molar refractivity (Wildman–Crippen MR) is 101 cm³/mol. The van der Waals surface area contributed by atoms with Crippen LogP contribution in [0.1, 0.15) is 16.7 Å². The number of ether oxygens (including phenoxy) is 2. The maximum atomic E-state index is 13.8. The molecule has 1 N–H and O–H groups in total. The number of para-hydroxylation sites is 1. The zero-order valence-electron chi connectivity index (χ0n) is 16.0. The van der Waals surface area contributed by atoms with E-state index in [1.807, 2.05) is 4.90 Å². The molecule has 160 valence electrons. The van der Waals surface area contributed by atoms with Crippen molar-refractivity contribution in [3.05, 3.63) is 58.9 Å². The fourth-order valence-corrected chi connectivity index (χ4v) is 3.67. The van der Waals surface area contributed by atoms with Crippen molar-refractivity contribution in [1.29, 1.82) is 0 Å². The molecule has 0 radical (unpaired) electrons. The van der Waals surface area contributed by atoms with Crippen molar-refractivity contribution in [2.75, 3.05) is 31.2 Å². The van der Waals surface area contributed by atoms with Crippen molar-refractivity contribution >= 4 is 11.6 Å². The van der Waals surface area contributed by atoms with Crippen molar-refractivity contribution in [3.8, 4) is 5.75 Å². The summed E-state index contributed by atoms with van der Waals surface area (Å²) in [5, 5.41) is 2.49. The monoisotopic (exact) mass is 424 g/mol. The minimum absolute atomic E-state index is 0.0171. The molecule has 1 saturated heterocycles. The van der Waals surface area contributed by atoms with Gasteiger partial charge in [0, 0.05) is 37.3 Å². The summed E-state index contributed by atoms with van der Waals surface area (Å²) < 4.78 is 65.2. The molecule has 2 aliphatic rings. The molecule has 2 aromatic carbocycles. The second-order valence-corrected chi connectivity index (χ2v) is 7.20. The Bertz CT molecular complexity index is 942. The van der Waals surface area contributed by atoms with Gasteiger partial charge in [-0.25, -0.2) is 4.39 Å². The summed E-state index contributed by atoms with van der Waals surface area (Å²) in [6.07, 6.45) is -5.37. The smallest absolute Gasteiger partial charge is 0.416 e. The van der Waals surface area contributed by atoms with E-state index in [2.05, 4.69) is 5.32 Å². The molecule has 0 aromatic heterocycles. The van der Waals surface area contributed by atoms with Gasteiger partial charge in [-0.1, -0.05) is 18.2 Å². The van der Waals surface area contributed by atoms with E-state index in [4.69, 9.17) is 9.47 Å². The Morgan fingerprint density at radius 3 is 2.63 bits per heavy atom. The Morgan fingerprint density at radius 1 is 1.17 bits per heavy atom. The van der Waals surface area contributed by atoms with Gasteiger partial charge in [0.25, 0.3) is 5.91 Å². The molecule has 0 spiro atoms. The average Bonchev–Trinajstić information content (AvgIpc) is 3.18. The van der Waals surface area contributed by atoms with E-state index in [9.17, 15) is 22.4 Å². The van der Waals surface area contributed by atoms with Crippen molar-refractivity contribution < 1.29 is 31.8 Å². The zero-order valence-corrected chi connectivity index (χ0v) is 16.0. The Kier molecular flexibility index (Phi) is 5.55. The summed E-state index contributed by atoms with van der Waals surface area (Å²) in [4.78, 5) is 14.2. The molecule has 5 nitrogen and oxygen atoms in total. The van der Waals surface area contributed by atoms with Crippen LogP contribution < -0.4 is 15.0 Å². The van der Waals surface area contributed by atoms with Gasteiger partial charge in [0.2, 0.25) is 0 Å². The number of hydrogen-bond acceptors (Lipinski definition) is 4. The maximum Gasteiger partial charge on any atom is 0.416 e. The van der Waals surface area contributed by atoms with E-state index in [0.717, 1.165) is 6.07 Å². The first-order valence-electron chi connectivity index (χ1n) is 9.57. The highest BCUT2D eigenvalue weighted by atomic mass is 19.4. The van der Waals surface area contributed by atoms with Crippen LogP contribution in [0.3, 0.4) is 0 Å². The number of fused-ring (bicyclic) bond motifs is 1. The zero-order chi connectivity index (χ0) is 21.3.